The van der Waals surface area contributed by atoms with Crippen LogP contribution in [-0.4, -0.2) is 65.7 Å². The summed E-state index contributed by atoms with van der Waals surface area (Å²) in [5, 5.41) is 75.6. The molecule has 0 aromatic heterocycles. The second-order valence-corrected chi connectivity index (χ2v) is 6.51. The van der Waals surface area contributed by atoms with Gasteiger partial charge < -0.3 is 70.8 Å². The molecular weight excluding hydrogens is 766 g/mol. The molecule has 21 heteroatoms. The van der Waals surface area contributed by atoms with Crippen LogP contribution in [0.1, 0.15) is 31.9 Å². The van der Waals surface area contributed by atoms with E-state index in [0.29, 0.717) is 42.4 Å². The fourth-order valence-corrected chi connectivity index (χ4v) is 2.37. The van der Waals surface area contributed by atoms with Crippen molar-refractivity contribution in [2.45, 2.75) is 26.8 Å². The molecule has 0 spiro atoms. The van der Waals surface area contributed by atoms with Gasteiger partial charge in [-0.05, 0) is 44.0 Å². The first-order valence-corrected chi connectivity index (χ1v) is 11.0. The number of para-hydroxylation sites is 2. The minimum atomic E-state index is -1.75. The number of rotatable bonds is 9. The van der Waals surface area contributed by atoms with Gasteiger partial charge in [-0.3, -0.25) is 9.98 Å². The Morgan fingerprint density at radius 3 is 1.42 bits per heavy atom. The molecule has 240 valence electrons. The third kappa shape index (κ3) is 29.7. The predicted octanol–water partition coefficient (Wildman–Crippen LogP) is 1.45. The summed E-state index contributed by atoms with van der Waals surface area (Å²) in [7, 11) is 1.00. The number of hydrogen-bond donors (Lipinski definition) is 1. The molecule has 2 radical (unpaired) electrons. The van der Waals surface area contributed by atoms with Crippen molar-refractivity contribution in [3.63, 3.8) is 0 Å². The Morgan fingerprint density at radius 2 is 1.09 bits per heavy atom. The minimum Gasteiger partial charge on any atom is -0.870 e. The summed E-state index contributed by atoms with van der Waals surface area (Å²) in [6.45, 7) is 6.82. The molecular formula is C22H28CuN5NdO14. The average Bonchev–Trinajstić information content (AvgIpc) is 2.87. The average molecular weight is 794 g/mol. The second-order valence-electron chi connectivity index (χ2n) is 6.51. The largest absolute Gasteiger partial charge is 3.00 e. The van der Waals surface area contributed by atoms with Crippen LogP contribution < -0.4 is 19.7 Å². The van der Waals surface area contributed by atoms with Crippen molar-refractivity contribution in [3.05, 3.63) is 93.5 Å². The molecule has 1 atom stereocenters. The number of aliphatic imine (C=N–C) groups is 2. The normalized spacial score (nSPS) is 9.70. The van der Waals surface area contributed by atoms with Crippen LogP contribution in [0, 0.1) is 86.8 Å². The maximum atomic E-state index is 12.2. The van der Waals surface area contributed by atoms with Crippen LogP contribution in [-0.2, 0) is 17.1 Å². The first-order valence-electron chi connectivity index (χ1n) is 11.0. The number of ether oxygens (including phenoxy) is 2. The number of nitrogens with zero attached hydrogens (tertiary/aromatic N) is 5. The Balaban J connectivity index is -0.000000254. The molecule has 0 amide bonds. The van der Waals surface area contributed by atoms with E-state index >= 15 is 0 Å². The van der Waals surface area contributed by atoms with Crippen LogP contribution >= 0.6 is 0 Å². The fourth-order valence-electron chi connectivity index (χ4n) is 2.37. The van der Waals surface area contributed by atoms with Gasteiger partial charge in [0.25, 0.3) is 0 Å². The number of aliphatic hydroxyl groups excluding tert-OH is 1. The summed E-state index contributed by atoms with van der Waals surface area (Å²) < 4.78 is 10.6. The molecule has 0 aliphatic rings. The maximum Gasteiger partial charge on any atom is 3.00 e. The first-order chi connectivity index (χ1) is 19.3. The second kappa shape index (κ2) is 31.3. The maximum absolute atomic E-state index is 12.2. The Hall–Kier alpha value is -3.59. The molecule has 19 nitrogen and oxygen atoms in total. The van der Waals surface area contributed by atoms with E-state index in [1.807, 2.05) is 20.8 Å². The minimum absolute atomic E-state index is 0. The molecule has 0 aliphatic carbocycles. The number of hydrogen-bond acceptors (Lipinski definition) is 16. The van der Waals surface area contributed by atoms with Crippen molar-refractivity contribution in [3.8, 4) is 23.0 Å². The number of aliphatic hydroxyl groups is 1. The molecule has 0 fully saturated rings. The zero-order chi connectivity index (χ0) is 32.4. The van der Waals surface area contributed by atoms with Gasteiger partial charge in [0.1, 0.15) is 11.5 Å². The van der Waals surface area contributed by atoms with Gasteiger partial charge in [0.05, 0.1) is 41.1 Å². The van der Waals surface area contributed by atoms with E-state index in [9.17, 15) is 10.2 Å². The van der Waals surface area contributed by atoms with Gasteiger partial charge in [0.2, 0.25) is 0 Å². The summed E-state index contributed by atoms with van der Waals surface area (Å²) in [6.07, 6.45) is 3.07. The van der Waals surface area contributed by atoms with E-state index in [0.717, 1.165) is 7.11 Å². The van der Waals surface area contributed by atoms with Gasteiger partial charge in [0.15, 0.2) is 0 Å². The molecule has 2 aromatic carbocycles. The molecule has 0 saturated heterocycles. The van der Waals surface area contributed by atoms with Gasteiger partial charge >= 0.3 is 57.9 Å². The van der Waals surface area contributed by atoms with Crippen molar-refractivity contribution in [1.82, 2.24) is 0 Å². The summed E-state index contributed by atoms with van der Waals surface area (Å²) in [5.41, 5.74) is 0.950. The van der Waals surface area contributed by atoms with Crippen molar-refractivity contribution in [1.29, 1.82) is 0 Å². The SMILES string of the molecule is CCOc1cccc(C=NC[C@H](C)N=Cc2cccc(OCC)c2[O-])c1[O-].CO.O=[N+]([O-])[O-].O=[N+]([O-])[O-].O=[N+]([O-])[O-].[Cu+2].[Nd+3]. The molecule has 1 N–H and O–H groups in total. The zero-order valence-electron chi connectivity index (χ0n) is 23.1. The van der Waals surface area contributed by atoms with E-state index in [4.69, 9.17) is 60.5 Å². The van der Waals surface area contributed by atoms with Crippen molar-refractivity contribution in [2.75, 3.05) is 26.9 Å². The fraction of sp³-hybridized carbons (Fsp3) is 0.364. The Kier molecular flexibility index (Phi) is 35.8. The predicted molar refractivity (Wildman–Crippen MR) is 143 cm³/mol. The van der Waals surface area contributed by atoms with Crippen LogP contribution in [0.3, 0.4) is 0 Å². The van der Waals surface area contributed by atoms with E-state index in [2.05, 4.69) is 9.98 Å². The van der Waals surface area contributed by atoms with E-state index in [1.54, 1.807) is 42.6 Å². The Labute approximate surface area is 288 Å². The molecule has 0 unspecified atom stereocenters. The van der Waals surface area contributed by atoms with Crippen LogP contribution in [0.15, 0.2) is 46.4 Å². The molecule has 43 heavy (non-hydrogen) atoms. The van der Waals surface area contributed by atoms with E-state index in [-0.39, 0.29) is 75.4 Å². The van der Waals surface area contributed by atoms with Gasteiger partial charge in [-0.15, -0.1) is 0 Å². The van der Waals surface area contributed by atoms with Crippen molar-refractivity contribution >= 4 is 12.4 Å². The van der Waals surface area contributed by atoms with Crippen molar-refractivity contribution < 1.29 is 98.0 Å². The molecule has 0 saturated carbocycles. The molecule has 2 aromatic rings. The third-order valence-corrected chi connectivity index (χ3v) is 3.69. The van der Waals surface area contributed by atoms with E-state index < -0.39 is 15.3 Å². The first kappa shape index (κ1) is 49.1. The summed E-state index contributed by atoms with van der Waals surface area (Å²) >= 11 is 0. The quantitative estimate of drug-likeness (QED) is 0.163. The zero-order valence-corrected chi connectivity index (χ0v) is 27.3. The number of benzene rings is 2. The van der Waals surface area contributed by atoms with Gasteiger partial charge in [-0.2, -0.15) is 0 Å². The monoisotopic (exact) mass is 791 g/mol. The van der Waals surface area contributed by atoms with Gasteiger partial charge in [-0.1, -0.05) is 35.8 Å². The molecule has 0 heterocycles. The summed E-state index contributed by atoms with van der Waals surface area (Å²) in [5.74, 6) is 0.291. The van der Waals surface area contributed by atoms with Crippen molar-refractivity contribution in [2.24, 2.45) is 9.98 Å². The molecule has 0 bridgehead atoms. The standard InChI is InChI=1S/C21H26N2O4.CH4O.Cu.3NO3.Nd/c1-4-26-18-10-6-8-16(20(18)24)13-22-12-15(3)23-14-17-9-7-11-19(21(17)25)27-5-2;1-2;;3*2-1(3)4;/h6-11,13-15,24-25H,4-5,12H2,1-3H3;2H,1H3;;;;;/q;;+2;3*-1;+3/p-2/t15-;;;;;;/m0....../s1. The van der Waals surface area contributed by atoms with Gasteiger partial charge in [-0.25, -0.2) is 0 Å². The molecule has 0 aliphatic heterocycles. The van der Waals surface area contributed by atoms with Crippen LogP contribution in [0.25, 0.3) is 0 Å². The Morgan fingerprint density at radius 1 is 0.767 bits per heavy atom. The van der Waals surface area contributed by atoms with E-state index in [1.165, 1.54) is 6.21 Å². The van der Waals surface area contributed by atoms with Crippen LogP contribution in [0.2, 0.25) is 0 Å². The van der Waals surface area contributed by atoms with Crippen LogP contribution in [0.4, 0.5) is 0 Å². The summed E-state index contributed by atoms with van der Waals surface area (Å²) in [6, 6.07) is 10.1. The smallest absolute Gasteiger partial charge is 0.870 e. The Bertz CT molecular complexity index is 1070. The summed E-state index contributed by atoms with van der Waals surface area (Å²) in [4.78, 5) is 33.4. The topological polar surface area (TPSA) is 308 Å². The molecule has 2 rings (SSSR count). The van der Waals surface area contributed by atoms with Gasteiger partial charge in [0, 0.05) is 19.5 Å². The van der Waals surface area contributed by atoms with Crippen LogP contribution in [0.5, 0.6) is 23.0 Å². The third-order valence-electron chi connectivity index (χ3n) is 3.69.